The van der Waals surface area contributed by atoms with Crippen molar-refractivity contribution in [1.29, 1.82) is 0 Å². The lowest BCUT2D eigenvalue weighted by atomic mass is 10.1. The fraction of sp³-hybridized carbons (Fsp3) is 0.462. The van der Waals surface area contributed by atoms with Crippen LogP contribution in [0, 0.1) is 0 Å². The first kappa shape index (κ1) is 11.3. The van der Waals surface area contributed by atoms with Gasteiger partial charge < -0.3 is 20.1 Å². The van der Waals surface area contributed by atoms with Gasteiger partial charge in [-0.1, -0.05) is 6.07 Å². The van der Waals surface area contributed by atoms with Gasteiger partial charge in [-0.3, -0.25) is 4.79 Å². The number of hydrogen-bond donors (Lipinski definition) is 2. The maximum atomic E-state index is 11.1. The van der Waals surface area contributed by atoms with Crippen molar-refractivity contribution in [2.75, 3.05) is 13.3 Å². The number of benzene rings is 1. The van der Waals surface area contributed by atoms with Crippen molar-refractivity contribution in [3.8, 4) is 11.5 Å². The molecule has 1 amide bonds. The first-order valence-electron chi connectivity index (χ1n) is 6.14. The van der Waals surface area contributed by atoms with Gasteiger partial charge in [-0.15, -0.1) is 0 Å². The molecule has 1 saturated heterocycles. The van der Waals surface area contributed by atoms with Gasteiger partial charge in [-0.25, -0.2) is 0 Å². The minimum absolute atomic E-state index is 0.116. The van der Waals surface area contributed by atoms with Crippen LogP contribution < -0.4 is 20.1 Å². The third-order valence-corrected chi connectivity index (χ3v) is 3.36. The number of carbonyl (C=O) groups is 1. The van der Waals surface area contributed by atoms with Crippen molar-refractivity contribution in [2.45, 2.75) is 25.4 Å². The topological polar surface area (TPSA) is 59.6 Å². The molecular weight excluding hydrogens is 232 g/mol. The van der Waals surface area contributed by atoms with E-state index in [4.69, 9.17) is 9.47 Å². The zero-order valence-corrected chi connectivity index (χ0v) is 10.2. The molecule has 2 N–H and O–H groups in total. The maximum absolute atomic E-state index is 11.1. The van der Waals surface area contributed by atoms with Crippen LogP contribution in [-0.2, 0) is 4.79 Å². The molecule has 3 rings (SSSR count). The van der Waals surface area contributed by atoms with Crippen molar-refractivity contribution in [1.82, 2.24) is 10.6 Å². The van der Waals surface area contributed by atoms with Crippen LogP contribution >= 0.6 is 0 Å². The Labute approximate surface area is 105 Å². The number of rotatable bonds is 3. The number of hydrogen-bond acceptors (Lipinski definition) is 4. The summed E-state index contributed by atoms with van der Waals surface area (Å²) in [7, 11) is 0. The average molecular weight is 248 g/mol. The smallest absolute Gasteiger partial charge is 0.231 e. The second-order valence-electron chi connectivity index (χ2n) is 4.71. The highest BCUT2D eigenvalue weighted by molar-refractivity contribution is 5.78. The standard InChI is InChI=1S/C13H16N2O3/c1-8(15-10-5-13(16)14-6-10)9-2-3-11-12(4-9)18-7-17-11/h2-4,8,10,15H,5-7H2,1H3,(H,14,16). The molecule has 0 spiro atoms. The molecule has 0 aromatic heterocycles. The third kappa shape index (κ3) is 2.13. The summed E-state index contributed by atoms with van der Waals surface area (Å²) in [5.41, 5.74) is 1.14. The first-order valence-corrected chi connectivity index (χ1v) is 6.14. The van der Waals surface area contributed by atoms with E-state index in [0.29, 0.717) is 19.8 Å². The van der Waals surface area contributed by atoms with Crippen molar-refractivity contribution >= 4 is 5.91 Å². The third-order valence-electron chi connectivity index (χ3n) is 3.36. The zero-order chi connectivity index (χ0) is 12.5. The molecule has 5 heteroatoms. The predicted octanol–water partition coefficient (Wildman–Crippen LogP) is 0.954. The largest absolute Gasteiger partial charge is 0.454 e. The molecule has 2 unspecified atom stereocenters. The van der Waals surface area contributed by atoms with E-state index in [9.17, 15) is 4.79 Å². The Hall–Kier alpha value is -1.75. The molecule has 0 bridgehead atoms. The van der Waals surface area contributed by atoms with E-state index in [2.05, 4.69) is 17.6 Å². The molecule has 1 aromatic rings. The summed E-state index contributed by atoms with van der Waals surface area (Å²) in [4.78, 5) is 11.1. The van der Waals surface area contributed by atoms with Crippen LogP contribution in [0.15, 0.2) is 18.2 Å². The highest BCUT2D eigenvalue weighted by Crippen LogP contribution is 2.34. The Morgan fingerprint density at radius 2 is 2.22 bits per heavy atom. The summed E-state index contributed by atoms with van der Waals surface area (Å²) in [6.45, 7) is 3.08. The molecule has 2 aliphatic heterocycles. The molecule has 0 saturated carbocycles. The monoisotopic (exact) mass is 248 g/mol. The van der Waals surface area contributed by atoms with Crippen molar-refractivity contribution in [3.63, 3.8) is 0 Å². The number of amides is 1. The van der Waals surface area contributed by atoms with Crippen LogP contribution in [0.5, 0.6) is 11.5 Å². The first-order chi connectivity index (χ1) is 8.72. The molecule has 1 aromatic carbocycles. The Kier molecular flexibility index (Phi) is 2.83. The minimum Gasteiger partial charge on any atom is -0.454 e. The van der Waals surface area contributed by atoms with Crippen molar-refractivity contribution < 1.29 is 14.3 Å². The van der Waals surface area contributed by atoms with E-state index in [1.165, 1.54) is 0 Å². The highest BCUT2D eigenvalue weighted by Gasteiger charge is 2.23. The molecule has 2 atom stereocenters. The van der Waals surface area contributed by atoms with Gasteiger partial charge in [-0.05, 0) is 24.6 Å². The van der Waals surface area contributed by atoms with Crippen molar-refractivity contribution in [2.24, 2.45) is 0 Å². The second kappa shape index (κ2) is 4.49. The molecular formula is C13H16N2O3. The van der Waals surface area contributed by atoms with E-state index < -0.39 is 0 Å². The zero-order valence-electron chi connectivity index (χ0n) is 10.2. The number of fused-ring (bicyclic) bond motifs is 1. The van der Waals surface area contributed by atoms with Crippen LogP contribution in [0.25, 0.3) is 0 Å². The highest BCUT2D eigenvalue weighted by atomic mass is 16.7. The quantitative estimate of drug-likeness (QED) is 0.836. The summed E-state index contributed by atoms with van der Waals surface area (Å²) in [5.74, 6) is 1.70. The lowest BCUT2D eigenvalue weighted by molar-refractivity contribution is -0.119. The molecule has 2 heterocycles. The van der Waals surface area contributed by atoms with E-state index >= 15 is 0 Å². The predicted molar refractivity (Wildman–Crippen MR) is 65.5 cm³/mol. The van der Waals surface area contributed by atoms with E-state index in [1.54, 1.807) is 0 Å². The lowest BCUT2D eigenvalue weighted by Crippen LogP contribution is -2.33. The Morgan fingerprint density at radius 1 is 1.39 bits per heavy atom. The fourth-order valence-corrected chi connectivity index (χ4v) is 2.36. The minimum atomic E-state index is 0.116. The fourth-order valence-electron chi connectivity index (χ4n) is 2.36. The number of nitrogens with one attached hydrogen (secondary N) is 2. The van der Waals surface area contributed by atoms with Crippen LogP contribution in [0.3, 0.4) is 0 Å². The van der Waals surface area contributed by atoms with Gasteiger partial charge in [0.15, 0.2) is 11.5 Å². The summed E-state index contributed by atoms with van der Waals surface area (Å²) in [5, 5.41) is 6.26. The van der Waals surface area contributed by atoms with E-state index in [-0.39, 0.29) is 18.0 Å². The molecule has 1 fully saturated rings. The van der Waals surface area contributed by atoms with Gasteiger partial charge in [0.2, 0.25) is 12.7 Å². The Bertz CT molecular complexity index is 475. The maximum Gasteiger partial charge on any atom is 0.231 e. The lowest BCUT2D eigenvalue weighted by Gasteiger charge is -2.18. The van der Waals surface area contributed by atoms with Gasteiger partial charge >= 0.3 is 0 Å². The SMILES string of the molecule is CC(NC1CNC(=O)C1)c1ccc2c(c1)OCO2. The van der Waals surface area contributed by atoms with Gasteiger partial charge in [0.1, 0.15) is 0 Å². The van der Waals surface area contributed by atoms with Gasteiger partial charge in [0.05, 0.1) is 0 Å². The van der Waals surface area contributed by atoms with Crippen LogP contribution in [0.4, 0.5) is 0 Å². The van der Waals surface area contributed by atoms with Crippen molar-refractivity contribution in [3.05, 3.63) is 23.8 Å². The van der Waals surface area contributed by atoms with Gasteiger partial charge in [0.25, 0.3) is 0 Å². The molecule has 2 aliphatic rings. The number of carbonyl (C=O) groups excluding carboxylic acids is 1. The van der Waals surface area contributed by atoms with Crippen LogP contribution in [0.2, 0.25) is 0 Å². The Balaban J connectivity index is 1.68. The molecule has 5 nitrogen and oxygen atoms in total. The summed E-state index contributed by atoms with van der Waals surface area (Å²) >= 11 is 0. The van der Waals surface area contributed by atoms with E-state index in [0.717, 1.165) is 17.1 Å². The second-order valence-corrected chi connectivity index (χ2v) is 4.71. The van der Waals surface area contributed by atoms with Gasteiger partial charge in [-0.2, -0.15) is 0 Å². The molecule has 96 valence electrons. The molecule has 0 radical (unpaired) electrons. The average Bonchev–Trinajstić information content (AvgIpc) is 2.96. The summed E-state index contributed by atoms with van der Waals surface area (Å²) in [6, 6.07) is 6.32. The molecule has 18 heavy (non-hydrogen) atoms. The summed E-state index contributed by atoms with van der Waals surface area (Å²) in [6.07, 6.45) is 0.550. The van der Waals surface area contributed by atoms with E-state index in [1.807, 2.05) is 18.2 Å². The van der Waals surface area contributed by atoms with Gasteiger partial charge in [0, 0.05) is 25.0 Å². The number of ether oxygens (including phenoxy) is 2. The Morgan fingerprint density at radius 3 is 3.00 bits per heavy atom. The van der Waals surface area contributed by atoms with Crippen LogP contribution in [0.1, 0.15) is 24.9 Å². The molecule has 0 aliphatic carbocycles. The summed E-state index contributed by atoms with van der Waals surface area (Å²) < 4.78 is 10.6. The normalized spacial score (nSPS) is 22.9. The van der Waals surface area contributed by atoms with Crippen LogP contribution in [-0.4, -0.2) is 25.3 Å².